The van der Waals surface area contributed by atoms with Crippen LogP contribution in [0.2, 0.25) is 0 Å². The van der Waals surface area contributed by atoms with Crippen molar-refractivity contribution in [2.24, 2.45) is 23.7 Å². The molecule has 6 heteroatoms. The number of carbonyl (C=O) groups is 1. The minimum atomic E-state index is -0.0351. The van der Waals surface area contributed by atoms with Gasteiger partial charge in [-0.25, -0.2) is 4.98 Å². The number of likely N-dealkylation sites (tertiary alicyclic amines) is 1. The van der Waals surface area contributed by atoms with E-state index in [9.17, 15) is 4.79 Å². The topological polar surface area (TPSA) is 64.3 Å². The van der Waals surface area contributed by atoms with Crippen molar-refractivity contribution in [2.45, 2.75) is 18.9 Å². The maximum atomic E-state index is 12.6. The van der Waals surface area contributed by atoms with Crippen molar-refractivity contribution in [3.05, 3.63) is 71.9 Å². The smallest absolute Gasteiger partial charge is 0.244 e. The molecular formula is C27H31N5O. The molecule has 4 heterocycles. The van der Waals surface area contributed by atoms with E-state index in [0.29, 0.717) is 29.7 Å². The lowest BCUT2D eigenvalue weighted by atomic mass is 9.61. The number of aromatic amines is 1. The molecule has 2 aromatic heterocycles. The summed E-state index contributed by atoms with van der Waals surface area (Å²) in [5.41, 5.74) is 4.86. The van der Waals surface area contributed by atoms with Gasteiger partial charge in [-0.15, -0.1) is 0 Å². The molecule has 6 rings (SSSR count). The van der Waals surface area contributed by atoms with Gasteiger partial charge in [-0.1, -0.05) is 12.2 Å². The number of pyridine rings is 1. The number of nitrogens with zero attached hydrogens (tertiary/aromatic N) is 3. The fraction of sp³-hybridized carbons (Fsp3) is 0.407. The Morgan fingerprint density at radius 1 is 1.36 bits per heavy atom. The molecule has 4 aliphatic rings. The van der Waals surface area contributed by atoms with Gasteiger partial charge in [0.2, 0.25) is 5.91 Å². The Balaban J connectivity index is 1.11. The van der Waals surface area contributed by atoms with E-state index in [2.05, 4.69) is 63.6 Å². The normalized spacial score (nSPS) is 30.8. The summed E-state index contributed by atoms with van der Waals surface area (Å²) in [6.45, 7) is 1.75. The molecule has 2 aliphatic heterocycles. The summed E-state index contributed by atoms with van der Waals surface area (Å²) < 4.78 is 0. The standard InChI is InChI=1S/C27H31N5O/c1-31-15-17(13-29-25(33)9-8-18-14-30-27-20(18)6-4-10-28-27)11-22-21-5-3-7-23-26(21)19(12-24(22)31)16-32(23)2/h3-10,14,16-17,21-22,24,26H,11-13,15H2,1-2H3,(H,28,30)(H,29,33)/b9-8+/t17-,21?,22+,24+,26?/m0/s1. The number of piperidine rings is 1. The minimum Gasteiger partial charge on any atom is -0.354 e. The van der Waals surface area contributed by atoms with E-state index in [-0.39, 0.29) is 5.91 Å². The zero-order valence-corrected chi connectivity index (χ0v) is 19.2. The number of carbonyl (C=O) groups excluding carboxylic acids is 1. The Hall–Kier alpha value is -3.12. The fourth-order valence-electron chi connectivity index (χ4n) is 6.62. The van der Waals surface area contributed by atoms with Gasteiger partial charge in [-0.2, -0.15) is 0 Å². The van der Waals surface area contributed by atoms with Crippen molar-refractivity contribution in [2.75, 3.05) is 27.2 Å². The van der Waals surface area contributed by atoms with Gasteiger partial charge in [-0.05, 0) is 67.5 Å². The molecule has 1 saturated heterocycles. The number of nitrogens with one attached hydrogen (secondary N) is 2. The molecule has 1 saturated carbocycles. The zero-order chi connectivity index (χ0) is 22.5. The Labute approximate surface area is 194 Å². The van der Waals surface area contributed by atoms with E-state index in [1.54, 1.807) is 17.8 Å². The molecule has 0 radical (unpaired) electrons. The Kier molecular flexibility index (Phi) is 4.98. The molecule has 170 valence electrons. The summed E-state index contributed by atoms with van der Waals surface area (Å²) in [4.78, 5) is 24.9. The lowest BCUT2D eigenvalue weighted by Gasteiger charge is -2.51. The molecule has 1 amide bonds. The Morgan fingerprint density at radius 3 is 3.18 bits per heavy atom. The number of fused-ring (bicyclic) bond motifs is 3. The predicted octanol–water partition coefficient (Wildman–Crippen LogP) is 3.55. The van der Waals surface area contributed by atoms with E-state index in [0.717, 1.165) is 29.7 Å². The highest BCUT2D eigenvalue weighted by atomic mass is 16.1. The molecule has 33 heavy (non-hydrogen) atoms. The van der Waals surface area contributed by atoms with Gasteiger partial charge in [0.1, 0.15) is 5.65 Å². The van der Waals surface area contributed by atoms with Gasteiger partial charge in [0.15, 0.2) is 0 Å². The van der Waals surface area contributed by atoms with Gasteiger partial charge in [0.25, 0.3) is 0 Å². The summed E-state index contributed by atoms with van der Waals surface area (Å²) >= 11 is 0. The average Bonchev–Trinajstić information content (AvgIpc) is 3.39. The van der Waals surface area contributed by atoms with Crippen LogP contribution in [0, 0.1) is 23.7 Å². The van der Waals surface area contributed by atoms with Crippen LogP contribution in [-0.2, 0) is 4.79 Å². The van der Waals surface area contributed by atoms with Gasteiger partial charge in [0.05, 0.1) is 0 Å². The average molecular weight is 442 g/mol. The van der Waals surface area contributed by atoms with Crippen LogP contribution in [0.3, 0.4) is 0 Å². The van der Waals surface area contributed by atoms with Gasteiger partial charge in [-0.3, -0.25) is 4.79 Å². The summed E-state index contributed by atoms with van der Waals surface area (Å²) in [6, 6.07) is 4.52. The summed E-state index contributed by atoms with van der Waals surface area (Å²) in [6.07, 6.45) is 18.8. The molecule has 2 unspecified atom stereocenters. The summed E-state index contributed by atoms with van der Waals surface area (Å²) in [5, 5.41) is 4.19. The Bertz CT molecular complexity index is 1200. The van der Waals surface area contributed by atoms with Crippen LogP contribution >= 0.6 is 0 Å². The van der Waals surface area contributed by atoms with Gasteiger partial charge < -0.3 is 20.1 Å². The van der Waals surface area contributed by atoms with Crippen LogP contribution in [-0.4, -0.2) is 58.9 Å². The first kappa shape index (κ1) is 20.5. The van der Waals surface area contributed by atoms with Crippen molar-refractivity contribution in [1.82, 2.24) is 25.1 Å². The lowest BCUT2D eigenvalue weighted by Crippen LogP contribution is -2.54. The first-order valence-electron chi connectivity index (χ1n) is 12.0. The van der Waals surface area contributed by atoms with Crippen molar-refractivity contribution >= 4 is 23.0 Å². The van der Waals surface area contributed by atoms with Crippen LogP contribution < -0.4 is 5.32 Å². The number of hydrogen-bond donors (Lipinski definition) is 2. The van der Waals surface area contributed by atoms with Gasteiger partial charge >= 0.3 is 0 Å². The summed E-state index contributed by atoms with van der Waals surface area (Å²) in [5.74, 6) is 2.19. The van der Waals surface area contributed by atoms with Crippen molar-refractivity contribution in [3.63, 3.8) is 0 Å². The maximum absolute atomic E-state index is 12.6. The molecule has 0 aromatic carbocycles. The third-order valence-corrected chi connectivity index (χ3v) is 8.08. The molecule has 6 nitrogen and oxygen atoms in total. The second-order valence-electron chi connectivity index (χ2n) is 10.0. The van der Waals surface area contributed by atoms with E-state index >= 15 is 0 Å². The largest absolute Gasteiger partial charge is 0.354 e. The highest BCUT2D eigenvalue weighted by Crippen LogP contribution is 2.52. The van der Waals surface area contributed by atoms with Crippen LogP contribution in [0.25, 0.3) is 17.1 Å². The zero-order valence-electron chi connectivity index (χ0n) is 19.2. The van der Waals surface area contributed by atoms with Gasteiger partial charge in [0, 0.05) is 73.4 Å². The predicted molar refractivity (Wildman–Crippen MR) is 131 cm³/mol. The third kappa shape index (κ3) is 3.53. The van der Waals surface area contributed by atoms with Crippen molar-refractivity contribution in [3.8, 4) is 0 Å². The highest BCUT2D eigenvalue weighted by Gasteiger charge is 2.49. The molecule has 0 bridgehead atoms. The maximum Gasteiger partial charge on any atom is 0.244 e. The molecule has 0 spiro atoms. The van der Waals surface area contributed by atoms with E-state index in [1.807, 2.05) is 24.4 Å². The summed E-state index contributed by atoms with van der Waals surface area (Å²) in [7, 11) is 4.44. The van der Waals surface area contributed by atoms with Crippen molar-refractivity contribution in [1.29, 1.82) is 0 Å². The minimum absolute atomic E-state index is 0.0351. The molecular weight excluding hydrogens is 410 g/mol. The van der Waals surface area contributed by atoms with E-state index < -0.39 is 0 Å². The van der Waals surface area contributed by atoms with Crippen LogP contribution in [0.5, 0.6) is 0 Å². The van der Waals surface area contributed by atoms with Crippen molar-refractivity contribution < 1.29 is 4.79 Å². The first-order chi connectivity index (χ1) is 16.1. The SMILES string of the molecule is CN1C=C2C[C@@H]3[C@H](C[C@@H](CNC(=O)/C=C/c4c[nH]c5ncccc45)CN3C)C3C=CC=C1C23. The Morgan fingerprint density at radius 2 is 2.27 bits per heavy atom. The first-order valence-corrected chi connectivity index (χ1v) is 12.0. The molecule has 2 aromatic rings. The lowest BCUT2D eigenvalue weighted by molar-refractivity contribution is -0.116. The number of H-pyrrole nitrogens is 1. The number of allylic oxidation sites excluding steroid dienone is 4. The van der Waals surface area contributed by atoms with E-state index in [4.69, 9.17) is 0 Å². The number of hydrogen-bond acceptors (Lipinski definition) is 4. The van der Waals surface area contributed by atoms with Crippen LogP contribution in [0.4, 0.5) is 0 Å². The molecule has 5 atom stereocenters. The number of amides is 1. The molecule has 2 fully saturated rings. The molecule has 2 N–H and O–H groups in total. The van der Waals surface area contributed by atoms with Crippen LogP contribution in [0.15, 0.2) is 66.3 Å². The molecule has 2 aliphatic carbocycles. The quantitative estimate of drug-likeness (QED) is 0.713. The monoisotopic (exact) mass is 441 g/mol. The second-order valence-corrected chi connectivity index (χ2v) is 10.0. The van der Waals surface area contributed by atoms with Crippen LogP contribution in [0.1, 0.15) is 18.4 Å². The highest BCUT2D eigenvalue weighted by molar-refractivity contribution is 5.95. The van der Waals surface area contributed by atoms with E-state index in [1.165, 1.54) is 18.5 Å². The third-order valence-electron chi connectivity index (χ3n) is 8.08. The fourth-order valence-corrected chi connectivity index (χ4v) is 6.62. The second kappa shape index (κ2) is 8.03. The number of aromatic nitrogens is 2. The number of rotatable bonds is 4.